The Morgan fingerprint density at radius 2 is 1.93 bits per heavy atom. The largest absolute Gasteiger partial charge is 0.494 e. The van der Waals surface area contributed by atoms with Gasteiger partial charge in [-0.2, -0.15) is 5.10 Å². The first kappa shape index (κ1) is 18.2. The second-order valence-electron chi connectivity index (χ2n) is 5.60. The van der Waals surface area contributed by atoms with Crippen molar-refractivity contribution in [3.63, 3.8) is 0 Å². The molecule has 27 heavy (non-hydrogen) atoms. The molecule has 3 aromatic rings. The fourth-order valence-electron chi connectivity index (χ4n) is 2.31. The first-order valence-corrected chi connectivity index (χ1v) is 8.27. The lowest BCUT2D eigenvalue weighted by Gasteiger charge is -2.11. The summed E-state index contributed by atoms with van der Waals surface area (Å²) >= 11 is 5.15. The molecular weight excluding hydrogens is 366 g/mol. The number of aromatic nitrogens is 3. The van der Waals surface area contributed by atoms with Crippen molar-refractivity contribution in [1.29, 1.82) is 0 Å². The van der Waals surface area contributed by atoms with Crippen LogP contribution in [0, 0.1) is 11.7 Å². The molecule has 0 fully saturated rings. The van der Waals surface area contributed by atoms with Gasteiger partial charge in [-0.05, 0) is 43.4 Å². The number of hydrogen-bond donors (Lipinski definition) is 3. The molecule has 0 saturated carbocycles. The van der Waals surface area contributed by atoms with Gasteiger partial charge < -0.3 is 5.11 Å². The number of benzene rings is 1. The van der Waals surface area contributed by atoms with Crippen LogP contribution in [0.3, 0.4) is 0 Å². The van der Waals surface area contributed by atoms with Crippen molar-refractivity contribution in [2.75, 3.05) is 0 Å². The number of nitrogens with one attached hydrogen (secondary N) is 2. The number of aromatic amines is 1. The van der Waals surface area contributed by atoms with Crippen LogP contribution in [0.25, 0.3) is 5.69 Å². The summed E-state index contributed by atoms with van der Waals surface area (Å²) in [6.07, 6.45) is 4.01. The van der Waals surface area contributed by atoms with E-state index >= 15 is 0 Å². The number of aryl methyl sites for hydroxylation is 1. The zero-order valence-electron chi connectivity index (χ0n) is 14.2. The Morgan fingerprint density at radius 3 is 2.59 bits per heavy atom. The van der Waals surface area contributed by atoms with Crippen LogP contribution < -0.4 is 11.0 Å². The lowest BCUT2D eigenvalue weighted by atomic mass is 10.2. The molecular formula is C18H15N5O3S. The number of H-pyrrole nitrogens is 1. The standard InChI is InChI=1S/C18H15N5O3S/c1-11-2-4-13(5-3-11)23-17(26)14(16(25)21-18(23)27)10-20-22-15(24)12-6-8-19-9-7-12/h2-10,26H,1H3,(H,22,24)(H,21,25,27). The molecule has 0 saturated heterocycles. The first-order valence-electron chi connectivity index (χ1n) is 7.86. The summed E-state index contributed by atoms with van der Waals surface area (Å²) in [5.74, 6) is -0.856. The number of rotatable bonds is 4. The van der Waals surface area contributed by atoms with Gasteiger partial charge in [-0.3, -0.25) is 24.1 Å². The van der Waals surface area contributed by atoms with Crippen LogP contribution >= 0.6 is 12.2 Å². The third-order valence-electron chi connectivity index (χ3n) is 3.72. The third kappa shape index (κ3) is 3.98. The zero-order chi connectivity index (χ0) is 19.4. The Morgan fingerprint density at radius 1 is 1.26 bits per heavy atom. The van der Waals surface area contributed by atoms with Crippen LogP contribution in [0.1, 0.15) is 21.5 Å². The minimum absolute atomic E-state index is 0.0410. The highest BCUT2D eigenvalue weighted by Crippen LogP contribution is 2.18. The highest BCUT2D eigenvalue weighted by Gasteiger charge is 2.13. The average molecular weight is 381 g/mol. The van der Waals surface area contributed by atoms with E-state index in [1.165, 1.54) is 29.1 Å². The van der Waals surface area contributed by atoms with Gasteiger partial charge in [0.1, 0.15) is 5.56 Å². The maximum absolute atomic E-state index is 12.1. The van der Waals surface area contributed by atoms with Gasteiger partial charge in [-0.25, -0.2) is 5.43 Å². The van der Waals surface area contributed by atoms with E-state index in [0.29, 0.717) is 11.3 Å². The predicted octanol–water partition coefficient (Wildman–Crippen LogP) is 2.07. The minimum atomic E-state index is -0.622. The van der Waals surface area contributed by atoms with E-state index in [1.807, 2.05) is 19.1 Å². The molecule has 0 bridgehead atoms. The quantitative estimate of drug-likeness (QED) is 0.364. The Hall–Kier alpha value is -3.59. The highest BCUT2D eigenvalue weighted by atomic mass is 32.1. The van der Waals surface area contributed by atoms with Gasteiger partial charge in [0, 0.05) is 18.0 Å². The smallest absolute Gasteiger partial charge is 0.271 e. The number of nitrogens with zero attached hydrogens (tertiary/aromatic N) is 3. The van der Waals surface area contributed by atoms with Gasteiger partial charge in [-0.1, -0.05) is 17.7 Å². The molecule has 2 aromatic heterocycles. The van der Waals surface area contributed by atoms with Crippen LogP contribution in [-0.2, 0) is 0 Å². The summed E-state index contributed by atoms with van der Waals surface area (Å²) < 4.78 is 1.35. The maximum atomic E-state index is 12.1. The molecule has 0 aliphatic rings. The van der Waals surface area contributed by atoms with Crippen molar-refractivity contribution in [1.82, 2.24) is 20.0 Å². The van der Waals surface area contributed by atoms with Crippen LogP contribution in [0.2, 0.25) is 0 Å². The Balaban J connectivity index is 1.93. The topological polar surface area (TPSA) is 112 Å². The molecule has 3 N–H and O–H groups in total. The second kappa shape index (κ2) is 7.75. The number of hydrogen-bond acceptors (Lipinski definition) is 6. The van der Waals surface area contributed by atoms with Crippen LogP contribution in [-0.4, -0.2) is 31.8 Å². The molecule has 3 rings (SSSR count). The van der Waals surface area contributed by atoms with Crippen molar-refractivity contribution in [2.45, 2.75) is 6.92 Å². The molecule has 0 radical (unpaired) electrons. The van der Waals surface area contributed by atoms with Gasteiger partial charge in [-0.15, -0.1) is 0 Å². The Kier molecular flexibility index (Phi) is 5.23. The van der Waals surface area contributed by atoms with Gasteiger partial charge in [0.05, 0.1) is 11.9 Å². The Bertz CT molecular complexity index is 1120. The third-order valence-corrected chi connectivity index (χ3v) is 4.00. The SMILES string of the molecule is Cc1ccc(-n2c(O)c(C=NNC(=O)c3ccncc3)c(=O)[nH]c2=S)cc1. The zero-order valence-corrected chi connectivity index (χ0v) is 15.0. The van der Waals surface area contributed by atoms with Crippen LogP contribution in [0.4, 0.5) is 0 Å². The van der Waals surface area contributed by atoms with E-state index in [-0.39, 0.29) is 16.2 Å². The molecule has 0 aliphatic carbocycles. The van der Waals surface area contributed by atoms with Gasteiger partial charge in [0.25, 0.3) is 11.5 Å². The summed E-state index contributed by atoms with van der Waals surface area (Å²) in [6, 6.07) is 10.3. The fourth-order valence-corrected chi connectivity index (χ4v) is 2.60. The second-order valence-corrected chi connectivity index (χ2v) is 5.99. The number of aromatic hydroxyl groups is 1. The van der Waals surface area contributed by atoms with Crippen molar-refractivity contribution in [3.05, 3.63) is 80.6 Å². The molecule has 0 spiro atoms. The summed E-state index contributed by atoms with van der Waals surface area (Å²) in [7, 11) is 0. The lowest BCUT2D eigenvalue weighted by molar-refractivity contribution is 0.0955. The van der Waals surface area contributed by atoms with Gasteiger partial charge in [0.2, 0.25) is 5.88 Å². The molecule has 136 valence electrons. The van der Waals surface area contributed by atoms with Crippen molar-refractivity contribution >= 4 is 24.3 Å². The summed E-state index contributed by atoms with van der Waals surface area (Å²) in [4.78, 5) is 30.4. The van der Waals surface area contributed by atoms with Crippen LogP contribution in [0.5, 0.6) is 5.88 Å². The lowest BCUT2D eigenvalue weighted by Crippen LogP contribution is -2.21. The monoisotopic (exact) mass is 381 g/mol. The molecule has 8 nitrogen and oxygen atoms in total. The molecule has 0 aliphatic heterocycles. The predicted molar refractivity (Wildman–Crippen MR) is 103 cm³/mol. The van der Waals surface area contributed by atoms with E-state index in [4.69, 9.17) is 12.2 Å². The maximum Gasteiger partial charge on any atom is 0.271 e. The van der Waals surface area contributed by atoms with Gasteiger partial charge in [0.15, 0.2) is 4.77 Å². The number of amides is 1. The molecule has 1 aromatic carbocycles. The summed E-state index contributed by atoms with van der Waals surface area (Å²) in [5.41, 5.74) is 3.50. The van der Waals surface area contributed by atoms with Crippen LogP contribution in [0.15, 0.2) is 58.7 Å². The van der Waals surface area contributed by atoms with E-state index in [0.717, 1.165) is 11.8 Å². The van der Waals surface area contributed by atoms with Gasteiger partial charge >= 0.3 is 0 Å². The molecule has 2 heterocycles. The van der Waals surface area contributed by atoms with Crippen molar-refractivity contribution < 1.29 is 9.90 Å². The molecule has 9 heteroatoms. The first-order chi connectivity index (χ1) is 13.0. The number of carbonyl (C=O) groups excluding carboxylic acids is 1. The fraction of sp³-hybridized carbons (Fsp3) is 0.0556. The number of hydrazone groups is 1. The van der Waals surface area contributed by atoms with Crippen molar-refractivity contribution in [3.8, 4) is 11.6 Å². The highest BCUT2D eigenvalue weighted by molar-refractivity contribution is 7.71. The van der Waals surface area contributed by atoms with E-state index in [9.17, 15) is 14.7 Å². The number of carbonyl (C=O) groups is 1. The normalized spacial score (nSPS) is 10.9. The molecule has 0 unspecified atom stereocenters. The summed E-state index contributed by atoms with van der Waals surface area (Å²) in [5, 5.41) is 14.3. The van der Waals surface area contributed by atoms with E-state index < -0.39 is 11.5 Å². The van der Waals surface area contributed by atoms with E-state index in [2.05, 4.69) is 20.5 Å². The molecule has 1 amide bonds. The van der Waals surface area contributed by atoms with E-state index in [1.54, 1.807) is 12.1 Å². The summed E-state index contributed by atoms with van der Waals surface area (Å²) in [6.45, 7) is 1.93. The Labute approximate surface area is 158 Å². The molecule has 0 atom stereocenters. The minimum Gasteiger partial charge on any atom is -0.494 e. The number of pyridine rings is 1. The average Bonchev–Trinajstić information content (AvgIpc) is 2.66. The van der Waals surface area contributed by atoms with Crippen molar-refractivity contribution in [2.24, 2.45) is 5.10 Å².